The van der Waals surface area contributed by atoms with Gasteiger partial charge in [-0.05, 0) is 43.5 Å². The van der Waals surface area contributed by atoms with Crippen LogP contribution in [0.1, 0.15) is 31.7 Å². The molecule has 0 spiro atoms. The van der Waals surface area contributed by atoms with Crippen molar-refractivity contribution >= 4 is 5.97 Å². The molecule has 5 heteroatoms. The Hall–Kier alpha value is -1.75. The first-order valence-electron chi connectivity index (χ1n) is 7.51. The van der Waals surface area contributed by atoms with E-state index in [1.807, 2.05) is 30.0 Å². The monoisotopic (exact) mass is 293 g/mol. The van der Waals surface area contributed by atoms with Crippen molar-refractivity contribution in [2.24, 2.45) is 0 Å². The maximum absolute atomic E-state index is 10.9. The lowest BCUT2D eigenvalue weighted by molar-refractivity contribution is -0.138. The summed E-state index contributed by atoms with van der Waals surface area (Å²) in [5, 5.41) is 8.96. The molecule has 0 unspecified atom stereocenters. The Labute approximate surface area is 125 Å². The van der Waals surface area contributed by atoms with Gasteiger partial charge in [0.15, 0.2) is 11.5 Å². The minimum absolute atomic E-state index is 0.0578. The number of hydrogen-bond donors (Lipinski definition) is 1. The first-order chi connectivity index (χ1) is 10.2. The molecule has 1 aromatic carbocycles. The SMILES string of the molecule is CCCN(CC(=O)O)Cc1ccc2c(c1)OCCCCO2. The van der Waals surface area contributed by atoms with Gasteiger partial charge in [-0.25, -0.2) is 0 Å². The van der Waals surface area contributed by atoms with Crippen molar-refractivity contribution in [3.63, 3.8) is 0 Å². The highest BCUT2D eigenvalue weighted by atomic mass is 16.5. The van der Waals surface area contributed by atoms with Crippen LogP contribution in [0.15, 0.2) is 18.2 Å². The summed E-state index contributed by atoms with van der Waals surface area (Å²) in [6, 6.07) is 5.86. The van der Waals surface area contributed by atoms with Crippen molar-refractivity contribution < 1.29 is 19.4 Å². The Morgan fingerprint density at radius 1 is 1.24 bits per heavy atom. The molecule has 0 radical (unpaired) electrons. The number of hydrogen-bond acceptors (Lipinski definition) is 4. The summed E-state index contributed by atoms with van der Waals surface area (Å²) in [5.74, 6) is 0.743. The number of ether oxygens (including phenoxy) is 2. The van der Waals surface area contributed by atoms with Crippen molar-refractivity contribution in [2.45, 2.75) is 32.7 Å². The first-order valence-corrected chi connectivity index (χ1v) is 7.51. The molecule has 1 N–H and O–H groups in total. The summed E-state index contributed by atoms with van der Waals surface area (Å²) in [5.41, 5.74) is 1.05. The highest BCUT2D eigenvalue weighted by Crippen LogP contribution is 2.30. The Morgan fingerprint density at radius 3 is 2.62 bits per heavy atom. The van der Waals surface area contributed by atoms with E-state index in [0.717, 1.165) is 49.5 Å². The number of carboxylic acid groups (broad SMARTS) is 1. The van der Waals surface area contributed by atoms with Crippen LogP contribution in [0.5, 0.6) is 11.5 Å². The molecule has 0 bridgehead atoms. The highest BCUT2D eigenvalue weighted by molar-refractivity contribution is 5.69. The summed E-state index contributed by atoms with van der Waals surface area (Å²) in [7, 11) is 0. The molecule has 0 amide bonds. The van der Waals surface area contributed by atoms with Crippen LogP contribution in [0.4, 0.5) is 0 Å². The first kappa shape index (κ1) is 15.6. The molecule has 1 aliphatic heterocycles. The highest BCUT2D eigenvalue weighted by Gasteiger charge is 2.13. The lowest BCUT2D eigenvalue weighted by Crippen LogP contribution is -2.30. The van der Waals surface area contributed by atoms with Crippen molar-refractivity contribution in [2.75, 3.05) is 26.3 Å². The average Bonchev–Trinajstić information content (AvgIpc) is 2.40. The minimum Gasteiger partial charge on any atom is -0.490 e. The summed E-state index contributed by atoms with van der Waals surface area (Å²) in [6.45, 7) is 4.90. The predicted octanol–water partition coefficient (Wildman–Crippen LogP) is 2.53. The van der Waals surface area contributed by atoms with Crippen LogP contribution in [-0.2, 0) is 11.3 Å². The van der Waals surface area contributed by atoms with E-state index in [-0.39, 0.29) is 6.54 Å². The van der Waals surface area contributed by atoms with Crippen LogP contribution < -0.4 is 9.47 Å². The molecule has 0 aliphatic carbocycles. The van der Waals surface area contributed by atoms with Gasteiger partial charge in [0.2, 0.25) is 0 Å². The molecule has 21 heavy (non-hydrogen) atoms. The fraction of sp³-hybridized carbons (Fsp3) is 0.562. The van der Waals surface area contributed by atoms with Crippen molar-refractivity contribution in [1.82, 2.24) is 4.90 Å². The Morgan fingerprint density at radius 2 is 1.95 bits per heavy atom. The van der Waals surface area contributed by atoms with Crippen LogP contribution >= 0.6 is 0 Å². The van der Waals surface area contributed by atoms with Gasteiger partial charge in [0.1, 0.15) is 0 Å². The number of fused-ring (bicyclic) bond motifs is 1. The van der Waals surface area contributed by atoms with E-state index in [4.69, 9.17) is 14.6 Å². The third kappa shape index (κ3) is 4.93. The third-order valence-corrected chi connectivity index (χ3v) is 3.37. The average molecular weight is 293 g/mol. The minimum atomic E-state index is -0.797. The largest absolute Gasteiger partial charge is 0.490 e. The number of carboxylic acids is 1. The van der Waals surface area contributed by atoms with E-state index in [1.54, 1.807) is 0 Å². The van der Waals surface area contributed by atoms with Crippen LogP contribution in [0, 0.1) is 0 Å². The second kappa shape index (κ2) is 7.88. The zero-order chi connectivity index (χ0) is 15.1. The number of rotatable bonds is 6. The lowest BCUT2D eigenvalue weighted by Gasteiger charge is -2.21. The van der Waals surface area contributed by atoms with E-state index in [9.17, 15) is 4.79 Å². The van der Waals surface area contributed by atoms with Gasteiger partial charge in [0, 0.05) is 6.54 Å². The molecule has 0 atom stereocenters. The molecular weight excluding hydrogens is 270 g/mol. The maximum Gasteiger partial charge on any atom is 0.317 e. The number of carbonyl (C=O) groups is 1. The van der Waals surface area contributed by atoms with Gasteiger partial charge in [-0.2, -0.15) is 0 Å². The molecule has 1 aliphatic rings. The molecule has 0 saturated heterocycles. The molecule has 0 saturated carbocycles. The number of nitrogens with zero attached hydrogens (tertiary/aromatic N) is 1. The zero-order valence-corrected chi connectivity index (χ0v) is 12.5. The van der Waals surface area contributed by atoms with E-state index < -0.39 is 5.97 Å². The second-order valence-electron chi connectivity index (χ2n) is 5.29. The van der Waals surface area contributed by atoms with Gasteiger partial charge in [0.05, 0.1) is 19.8 Å². The van der Waals surface area contributed by atoms with Crippen LogP contribution in [0.25, 0.3) is 0 Å². The summed E-state index contributed by atoms with van der Waals surface area (Å²) in [6.07, 6.45) is 2.92. The van der Waals surface area contributed by atoms with Gasteiger partial charge >= 0.3 is 5.97 Å². The van der Waals surface area contributed by atoms with E-state index in [0.29, 0.717) is 13.2 Å². The molecule has 2 rings (SSSR count). The normalized spacial score (nSPS) is 14.6. The smallest absolute Gasteiger partial charge is 0.317 e. The Kier molecular flexibility index (Phi) is 5.87. The molecule has 1 heterocycles. The quantitative estimate of drug-likeness (QED) is 0.873. The molecule has 1 aromatic rings. The van der Waals surface area contributed by atoms with Gasteiger partial charge in [-0.15, -0.1) is 0 Å². The van der Waals surface area contributed by atoms with Crippen LogP contribution in [0.3, 0.4) is 0 Å². The lowest BCUT2D eigenvalue weighted by atomic mass is 10.1. The number of benzene rings is 1. The molecule has 0 fully saturated rings. The fourth-order valence-corrected chi connectivity index (χ4v) is 2.43. The third-order valence-electron chi connectivity index (χ3n) is 3.37. The van der Waals surface area contributed by atoms with Crippen LogP contribution in [0.2, 0.25) is 0 Å². The van der Waals surface area contributed by atoms with Gasteiger partial charge in [-0.3, -0.25) is 9.69 Å². The van der Waals surface area contributed by atoms with Crippen molar-refractivity contribution in [3.05, 3.63) is 23.8 Å². The van der Waals surface area contributed by atoms with E-state index in [2.05, 4.69) is 0 Å². The standard InChI is InChI=1S/C16H23NO4/c1-2-7-17(12-16(18)19)11-13-5-6-14-15(10-13)21-9-4-3-8-20-14/h5-6,10H,2-4,7-9,11-12H2,1H3,(H,18,19). The fourth-order valence-electron chi connectivity index (χ4n) is 2.43. The van der Waals surface area contributed by atoms with E-state index in [1.165, 1.54) is 0 Å². The molecule has 116 valence electrons. The van der Waals surface area contributed by atoms with Crippen molar-refractivity contribution in [1.29, 1.82) is 0 Å². The van der Waals surface area contributed by atoms with E-state index >= 15 is 0 Å². The molecule has 5 nitrogen and oxygen atoms in total. The van der Waals surface area contributed by atoms with Gasteiger partial charge in [-0.1, -0.05) is 13.0 Å². The van der Waals surface area contributed by atoms with Crippen LogP contribution in [-0.4, -0.2) is 42.3 Å². The van der Waals surface area contributed by atoms with Crippen molar-refractivity contribution in [3.8, 4) is 11.5 Å². The van der Waals surface area contributed by atoms with Gasteiger partial charge in [0.25, 0.3) is 0 Å². The molecular formula is C16H23NO4. The Balaban J connectivity index is 2.08. The number of aliphatic carboxylic acids is 1. The molecule has 0 aromatic heterocycles. The van der Waals surface area contributed by atoms with Gasteiger partial charge < -0.3 is 14.6 Å². The summed E-state index contributed by atoms with van der Waals surface area (Å²) < 4.78 is 11.4. The summed E-state index contributed by atoms with van der Waals surface area (Å²) in [4.78, 5) is 12.8. The predicted molar refractivity (Wildman–Crippen MR) is 79.9 cm³/mol. The maximum atomic E-state index is 10.9. The Bertz CT molecular complexity index is 475. The topological polar surface area (TPSA) is 59.0 Å². The summed E-state index contributed by atoms with van der Waals surface area (Å²) >= 11 is 0. The zero-order valence-electron chi connectivity index (χ0n) is 12.5. The second-order valence-corrected chi connectivity index (χ2v) is 5.29.